The number of benzene rings is 1. The number of carboxylic acids is 1. The first-order chi connectivity index (χ1) is 26.7. The van der Waals surface area contributed by atoms with Gasteiger partial charge in [-0.1, -0.05) is 18.6 Å². The van der Waals surface area contributed by atoms with Gasteiger partial charge in [0.1, 0.15) is 12.2 Å². The first-order valence-electron chi connectivity index (χ1n) is 19.4. The number of hydrogen-bond donors (Lipinski definition) is 4. The van der Waals surface area contributed by atoms with Gasteiger partial charge in [0.25, 0.3) is 5.91 Å². The van der Waals surface area contributed by atoms with Crippen LogP contribution in [0.4, 0.5) is 5.69 Å². The van der Waals surface area contributed by atoms with Crippen molar-refractivity contribution in [3.05, 3.63) is 53.0 Å². The third-order valence-electron chi connectivity index (χ3n) is 9.57. The van der Waals surface area contributed by atoms with Crippen molar-refractivity contribution < 1.29 is 43.3 Å². The van der Waals surface area contributed by atoms with E-state index in [9.17, 15) is 24.0 Å². The van der Waals surface area contributed by atoms with Crippen LogP contribution in [0.5, 0.6) is 0 Å². The molecule has 302 valence electrons. The maximum absolute atomic E-state index is 13.6. The van der Waals surface area contributed by atoms with Gasteiger partial charge in [0.15, 0.2) is 0 Å². The van der Waals surface area contributed by atoms with Crippen LogP contribution in [0.2, 0.25) is 0 Å². The molecule has 0 unspecified atom stereocenters. The Bertz CT molecular complexity index is 1680. The summed E-state index contributed by atoms with van der Waals surface area (Å²) < 4.78 is 18.7. The van der Waals surface area contributed by atoms with Crippen LogP contribution in [-0.4, -0.2) is 105 Å². The summed E-state index contributed by atoms with van der Waals surface area (Å²) in [4.78, 5) is 64.3. The fourth-order valence-electron chi connectivity index (χ4n) is 6.61. The number of thiophene rings is 1. The normalized spacial score (nSPS) is 15.5. The minimum absolute atomic E-state index is 0.0283. The molecule has 1 aromatic carbocycles. The molecule has 2 aromatic heterocycles. The Labute approximate surface area is 327 Å². The molecule has 0 atom stereocenters. The van der Waals surface area contributed by atoms with E-state index in [2.05, 4.69) is 16.0 Å². The summed E-state index contributed by atoms with van der Waals surface area (Å²) in [5.41, 5.74) is 3.24. The van der Waals surface area contributed by atoms with Gasteiger partial charge in [-0.15, -0.1) is 11.3 Å². The number of aromatic nitrogens is 1. The van der Waals surface area contributed by atoms with Crippen LogP contribution >= 0.6 is 11.3 Å². The van der Waals surface area contributed by atoms with Gasteiger partial charge in [-0.25, -0.2) is 0 Å². The highest BCUT2D eigenvalue weighted by molar-refractivity contribution is 7.17. The van der Waals surface area contributed by atoms with Gasteiger partial charge in [0, 0.05) is 43.7 Å². The molecule has 1 saturated carbocycles. The van der Waals surface area contributed by atoms with Gasteiger partial charge >= 0.3 is 5.97 Å². The SMILES string of the molecule is CCN(C(=O)Cn1c(C(=O)N[C@H]2CC[C@H](C(=O)NCCCCCC(=O)NCCOCCOCCOCCC(=O)O)CC2)cc2sccc21)c1cccc(C)c1. The van der Waals surface area contributed by atoms with E-state index < -0.39 is 5.97 Å². The molecule has 0 aliphatic heterocycles. The topological polar surface area (TPSA) is 178 Å². The van der Waals surface area contributed by atoms with Crippen LogP contribution in [0.1, 0.15) is 80.8 Å². The number of nitrogens with zero attached hydrogens (tertiary/aromatic N) is 2. The van der Waals surface area contributed by atoms with Gasteiger partial charge in [-0.3, -0.25) is 24.0 Å². The molecule has 4 amide bonds. The molecule has 1 aliphatic rings. The third kappa shape index (κ3) is 14.7. The minimum atomic E-state index is -0.895. The van der Waals surface area contributed by atoms with E-state index in [-0.39, 0.29) is 55.2 Å². The number of unbranched alkanes of at least 4 members (excludes halogenated alkanes) is 2. The summed E-state index contributed by atoms with van der Waals surface area (Å²) in [5.74, 6) is -1.27. The molecule has 55 heavy (non-hydrogen) atoms. The average molecular weight is 784 g/mol. The average Bonchev–Trinajstić information content (AvgIpc) is 3.76. The van der Waals surface area contributed by atoms with Crippen LogP contribution in [0, 0.1) is 12.8 Å². The van der Waals surface area contributed by atoms with E-state index in [1.165, 1.54) is 0 Å². The zero-order valence-corrected chi connectivity index (χ0v) is 33.0. The van der Waals surface area contributed by atoms with E-state index in [1.54, 1.807) is 16.2 Å². The third-order valence-corrected chi connectivity index (χ3v) is 10.4. The van der Waals surface area contributed by atoms with Gasteiger partial charge in [-0.2, -0.15) is 0 Å². The maximum Gasteiger partial charge on any atom is 0.305 e. The number of ether oxygens (including phenoxy) is 3. The van der Waals surface area contributed by atoms with E-state index in [4.69, 9.17) is 19.3 Å². The van der Waals surface area contributed by atoms with Gasteiger partial charge < -0.3 is 44.7 Å². The van der Waals surface area contributed by atoms with E-state index >= 15 is 0 Å². The van der Waals surface area contributed by atoms with Crippen LogP contribution < -0.4 is 20.9 Å². The number of rotatable bonds is 25. The summed E-state index contributed by atoms with van der Waals surface area (Å²) >= 11 is 1.54. The number of anilines is 1. The highest BCUT2D eigenvalue weighted by atomic mass is 32.1. The second kappa shape index (κ2) is 23.6. The predicted octanol–water partition coefficient (Wildman–Crippen LogP) is 4.67. The molecule has 3 aromatic rings. The Hall–Kier alpha value is -4.31. The van der Waals surface area contributed by atoms with E-state index in [1.807, 2.05) is 60.2 Å². The lowest BCUT2D eigenvalue weighted by Gasteiger charge is -2.28. The molecule has 14 nitrogen and oxygen atoms in total. The maximum atomic E-state index is 13.6. The van der Waals surface area contributed by atoms with E-state index in [0.717, 1.165) is 40.7 Å². The lowest BCUT2D eigenvalue weighted by molar-refractivity contribution is -0.138. The number of carbonyl (C=O) groups excluding carboxylic acids is 4. The van der Waals surface area contributed by atoms with Crippen molar-refractivity contribution in [2.45, 2.75) is 84.2 Å². The van der Waals surface area contributed by atoms with Gasteiger partial charge in [0.2, 0.25) is 17.7 Å². The van der Waals surface area contributed by atoms with Crippen molar-refractivity contribution in [2.75, 3.05) is 64.2 Å². The Morgan fingerprint density at radius 2 is 1.58 bits per heavy atom. The van der Waals surface area contributed by atoms with Gasteiger partial charge in [0.05, 0.1) is 56.3 Å². The number of hydrogen-bond acceptors (Lipinski definition) is 9. The van der Waals surface area contributed by atoms with E-state index in [0.29, 0.717) is 90.5 Å². The Morgan fingerprint density at radius 1 is 0.855 bits per heavy atom. The summed E-state index contributed by atoms with van der Waals surface area (Å²) in [6, 6.07) is 11.6. The number of amides is 4. The summed E-state index contributed by atoms with van der Waals surface area (Å²) in [6.07, 6.45) is 5.52. The second-order valence-electron chi connectivity index (χ2n) is 13.7. The zero-order valence-electron chi connectivity index (χ0n) is 32.1. The zero-order chi connectivity index (χ0) is 39.4. The molecule has 4 N–H and O–H groups in total. The van der Waals surface area contributed by atoms with Gasteiger partial charge in [-0.05, 0) is 87.6 Å². The molecular weight excluding hydrogens is 727 g/mol. The Balaban J connectivity index is 1.06. The number of aliphatic carboxylic acids is 1. The first-order valence-corrected chi connectivity index (χ1v) is 20.3. The molecule has 1 fully saturated rings. The van der Waals surface area contributed by atoms with Crippen LogP contribution in [0.25, 0.3) is 10.2 Å². The predicted molar refractivity (Wildman–Crippen MR) is 211 cm³/mol. The highest BCUT2D eigenvalue weighted by Gasteiger charge is 2.29. The fraction of sp³-hybridized carbons (Fsp3) is 0.575. The highest BCUT2D eigenvalue weighted by Crippen LogP contribution is 2.28. The number of nitrogens with one attached hydrogen (secondary N) is 3. The molecule has 0 radical (unpaired) electrons. The summed E-state index contributed by atoms with van der Waals surface area (Å²) in [5, 5.41) is 19.6. The first kappa shape index (κ1) is 43.4. The largest absolute Gasteiger partial charge is 0.481 e. The summed E-state index contributed by atoms with van der Waals surface area (Å²) in [6.45, 7) is 7.51. The lowest BCUT2D eigenvalue weighted by Crippen LogP contribution is -2.42. The summed E-state index contributed by atoms with van der Waals surface area (Å²) in [7, 11) is 0. The number of carboxylic acid groups (broad SMARTS) is 1. The fourth-order valence-corrected chi connectivity index (χ4v) is 7.43. The Kier molecular flexibility index (Phi) is 18.6. The number of likely N-dealkylation sites (N-methyl/N-ethyl adjacent to an activating group) is 1. The minimum Gasteiger partial charge on any atom is -0.481 e. The molecule has 0 spiro atoms. The second-order valence-corrected chi connectivity index (χ2v) is 14.7. The van der Waals surface area contributed by atoms with Crippen molar-refractivity contribution in [3.8, 4) is 0 Å². The smallest absolute Gasteiger partial charge is 0.305 e. The molecule has 2 heterocycles. The molecule has 4 rings (SSSR count). The van der Waals surface area contributed by atoms with Crippen LogP contribution in [0.3, 0.4) is 0 Å². The molecule has 0 bridgehead atoms. The van der Waals surface area contributed by atoms with Crippen molar-refractivity contribution >= 4 is 56.8 Å². The van der Waals surface area contributed by atoms with Crippen molar-refractivity contribution in [1.82, 2.24) is 20.5 Å². The molecular formula is C40H57N5O9S. The van der Waals surface area contributed by atoms with Crippen LogP contribution in [-0.2, 0) is 39.9 Å². The van der Waals surface area contributed by atoms with Crippen molar-refractivity contribution in [1.29, 1.82) is 0 Å². The number of fused-ring (bicyclic) bond motifs is 1. The lowest BCUT2D eigenvalue weighted by atomic mass is 9.85. The Morgan fingerprint density at radius 3 is 2.29 bits per heavy atom. The van der Waals surface area contributed by atoms with Crippen LogP contribution in [0.15, 0.2) is 41.8 Å². The molecule has 0 saturated heterocycles. The molecule has 15 heteroatoms. The van der Waals surface area contributed by atoms with Crippen molar-refractivity contribution in [3.63, 3.8) is 0 Å². The molecule has 1 aliphatic carbocycles. The van der Waals surface area contributed by atoms with Crippen molar-refractivity contribution in [2.24, 2.45) is 5.92 Å². The standard InChI is InChI=1S/C40H57N5O9S/c1-3-44(32-9-7-8-29(2)26-32)37(47)28-45-33-16-25-55-35(33)27-34(45)40(51)43-31-13-11-30(12-14-31)39(50)42-17-6-4-5-10-36(46)41-18-20-53-22-24-54-23-21-52-19-15-38(48)49/h7-9,16,25-27,30-31H,3-6,10-15,17-24,28H2,1-2H3,(H,41,46)(H,42,50)(H,43,51)(H,48,49)/t30-,31-. The number of carbonyl (C=O) groups is 5. The quantitative estimate of drug-likeness (QED) is 0.0890. The number of aryl methyl sites for hydroxylation is 1. The monoisotopic (exact) mass is 783 g/mol.